The van der Waals surface area contributed by atoms with Crippen LogP contribution in [0.1, 0.15) is 0 Å². The molecule has 2 heterocycles. The van der Waals surface area contributed by atoms with Crippen LogP contribution in [-0.2, 0) is 7.05 Å². The second kappa shape index (κ2) is 3.10. The number of nitrogens with one attached hydrogen (secondary N) is 1. The van der Waals surface area contributed by atoms with Crippen molar-refractivity contribution >= 4 is 16.7 Å². The molecule has 1 aromatic carbocycles. The van der Waals surface area contributed by atoms with Gasteiger partial charge in [0.15, 0.2) is 0 Å². The van der Waals surface area contributed by atoms with Crippen molar-refractivity contribution in [1.29, 1.82) is 0 Å². The quantitative estimate of drug-likeness (QED) is 0.644. The van der Waals surface area contributed by atoms with Crippen molar-refractivity contribution in [2.24, 2.45) is 7.05 Å². The zero-order valence-electron chi connectivity index (χ0n) is 8.81. The van der Waals surface area contributed by atoms with E-state index < -0.39 is 0 Å². The first-order valence-corrected chi connectivity index (χ1v) is 4.97. The molecule has 0 spiro atoms. The Labute approximate surface area is 91.9 Å². The number of hydrogen-bond donors (Lipinski definition) is 2. The fourth-order valence-corrected chi connectivity index (χ4v) is 1.72. The largest absolute Gasteiger partial charge is 0.384 e. The molecule has 2 aromatic heterocycles. The van der Waals surface area contributed by atoms with Gasteiger partial charge in [0.1, 0.15) is 5.82 Å². The maximum Gasteiger partial charge on any atom is 0.121 e. The van der Waals surface area contributed by atoms with Gasteiger partial charge in [0.25, 0.3) is 0 Å². The van der Waals surface area contributed by atoms with Crippen molar-refractivity contribution in [3.63, 3.8) is 0 Å². The summed E-state index contributed by atoms with van der Waals surface area (Å²) in [7, 11) is 1.83. The molecule has 0 bridgehead atoms. The van der Waals surface area contributed by atoms with Crippen molar-refractivity contribution in [1.82, 2.24) is 20.0 Å². The van der Waals surface area contributed by atoms with Crippen LogP contribution in [0.25, 0.3) is 22.2 Å². The van der Waals surface area contributed by atoms with Crippen LogP contribution in [0.5, 0.6) is 0 Å². The van der Waals surface area contributed by atoms with Crippen LogP contribution < -0.4 is 5.73 Å². The lowest BCUT2D eigenvalue weighted by atomic mass is 10.1. The molecule has 16 heavy (non-hydrogen) atoms. The molecular weight excluding hydrogens is 202 g/mol. The zero-order valence-corrected chi connectivity index (χ0v) is 8.81. The van der Waals surface area contributed by atoms with Crippen LogP contribution in [0.3, 0.4) is 0 Å². The summed E-state index contributed by atoms with van der Waals surface area (Å²) < 4.78 is 1.66. The average molecular weight is 213 g/mol. The number of aryl methyl sites for hydroxylation is 1. The molecule has 0 aliphatic heterocycles. The molecule has 5 heteroatoms. The minimum Gasteiger partial charge on any atom is -0.384 e. The number of benzene rings is 1. The number of aromatic amines is 1. The Balaban J connectivity index is 2.17. The molecule has 0 atom stereocenters. The number of anilines is 1. The fraction of sp³-hybridized carbons (Fsp3) is 0.0909. The van der Waals surface area contributed by atoms with Crippen LogP contribution in [0.4, 0.5) is 5.82 Å². The minimum absolute atomic E-state index is 0.653. The first-order valence-electron chi connectivity index (χ1n) is 4.97. The number of rotatable bonds is 1. The van der Waals surface area contributed by atoms with Crippen molar-refractivity contribution in [3.05, 3.63) is 30.5 Å². The number of nitrogen functional groups attached to an aromatic ring is 1. The third-order valence-electron chi connectivity index (χ3n) is 2.65. The maximum atomic E-state index is 5.75. The predicted molar refractivity (Wildman–Crippen MR) is 62.7 cm³/mol. The molecule has 0 saturated carbocycles. The number of nitrogens with zero attached hydrogens (tertiary/aromatic N) is 3. The van der Waals surface area contributed by atoms with Gasteiger partial charge >= 0.3 is 0 Å². The lowest BCUT2D eigenvalue weighted by Crippen LogP contribution is -1.96. The lowest BCUT2D eigenvalue weighted by molar-refractivity contribution is 0.782. The molecule has 0 radical (unpaired) electrons. The molecule has 3 aromatic rings. The molecule has 80 valence electrons. The number of fused-ring (bicyclic) bond motifs is 1. The Morgan fingerprint density at radius 2 is 2.19 bits per heavy atom. The highest BCUT2D eigenvalue weighted by atomic mass is 15.3. The van der Waals surface area contributed by atoms with Crippen LogP contribution >= 0.6 is 0 Å². The van der Waals surface area contributed by atoms with E-state index >= 15 is 0 Å². The highest BCUT2D eigenvalue weighted by molar-refractivity contribution is 5.83. The Kier molecular flexibility index (Phi) is 1.73. The molecule has 3 rings (SSSR count). The van der Waals surface area contributed by atoms with Gasteiger partial charge in [-0.3, -0.25) is 9.78 Å². The van der Waals surface area contributed by atoms with Crippen molar-refractivity contribution in [2.45, 2.75) is 0 Å². The fourth-order valence-electron chi connectivity index (χ4n) is 1.72. The maximum absolute atomic E-state index is 5.75. The summed E-state index contributed by atoms with van der Waals surface area (Å²) in [5.74, 6) is 0.653. The standard InChI is InChI=1S/C11H11N5/c1-16-11(12)5-10(15-16)7-2-3-8-6-13-14-9(8)4-7/h2-6H,12H2,1H3,(H,13,14). The van der Waals surface area contributed by atoms with Crippen LogP contribution in [-0.4, -0.2) is 20.0 Å². The van der Waals surface area contributed by atoms with Gasteiger partial charge in [-0.1, -0.05) is 12.1 Å². The van der Waals surface area contributed by atoms with Gasteiger partial charge in [0.2, 0.25) is 0 Å². The van der Waals surface area contributed by atoms with Gasteiger partial charge in [0, 0.05) is 24.1 Å². The van der Waals surface area contributed by atoms with Crippen molar-refractivity contribution in [2.75, 3.05) is 5.73 Å². The Bertz CT molecular complexity index is 630. The van der Waals surface area contributed by atoms with Crippen LogP contribution in [0.2, 0.25) is 0 Å². The van der Waals surface area contributed by atoms with Gasteiger partial charge < -0.3 is 5.73 Å². The van der Waals surface area contributed by atoms with Crippen LogP contribution in [0, 0.1) is 0 Å². The van der Waals surface area contributed by atoms with Gasteiger partial charge in [-0.25, -0.2) is 0 Å². The van der Waals surface area contributed by atoms with E-state index in [0.29, 0.717) is 5.82 Å². The minimum atomic E-state index is 0.653. The number of nitrogens with two attached hydrogens (primary N) is 1. The van der Waals surface area contributed by atoms with E-state index in [1.165, 1.54) is 0 Å². The average Bonchev–Trinajstić information content (AvgIpc) is 2.85. The molecule has 0 fully saturated rings. The monoisotopic (exact) mass is 213 g/mol. The molecule has 0 amide bonds. The van der Waals surface area contributed by atoms with E-state index in [2.05, 4.69) is 15.3 Å². The molecule has 3 N–H and O–H groups in total. The summed E-state index contributed by atoms with van der Waals surface area (Å²) in [4.78, 5) is 0. The normalized spacial score (nSPS) is 11.1. The van der Waals surface area contributed by atoms with E-state index in [4.69, 9.17) is 5.73 Å². The van der Waals surface area contributed by atoms with Gasteiger partial charge in [0.05, 0.1) is 17.4 Å². The Hall–Kier alpha value is -2.30. The van der Waals surface area contributed by atoms with Gasteiger partial charge in [-0.15, -0.1) is 0 Å². The molecule has 0 aliphatic rings. The molecule has 0 saturated heterocycles. The Morgan fingerprint density at radius 3 is 2.94 bits per heavy atom. The summed E-state index contributed by atoms with van der Waals surface area (Å²) in [5.41, 5.74) is 8.66. The van der Waals surface area contributed by atoms with Crippen molar-refractivity contribution in [3.8, 4) is 11.3 Å². The summed E-state index contributed by atoms with van der Waals surface area (Å²) >= 11 is 0. The second-order valence-corrected chi connectivity index (χ2v) is 3.75. The third kappa shape index (κ3) is 1.25. The van der Waals surface area contributed by atoms with Gasteiger partial charge in [-0.2, -0.15) is 10.2 Å². The van der Waals surface area contributed by atoms with Crippen LogP contribution in [0.15, 0.2) is 30.5 Å². The number of H-pyrrole nitrogens is 1. The summed E-state index contributed by atoms with van der Waals surface area (Å²) in [6.45, 7) is 0. The first kappa shape index (κ1) is 8.96. The van der Waals surface area contributed by atoms with E-state index in [9.17, 15) is 0 Å². The summed E-state index contributed by atoms with van der Waals surface area (Å²) in [6.07, 6.45) is 1.80. The van der Waals surface area contributed by atoms with E-state index in [1.807, 2.05) is 31.3 Å². The third-order valence-corrected chi connectivity index (χ3v) is 2.65. The molecular formula is C11H11N5. The molecule has 5 nitrogen and oxygen atoms in total. The number of hydrogen-bond acceptors (Lipinski definition) is 3. The SMILES string of the molecule is Cn1nc(-c2ccc3cn[nH]c3c2)cc1N. The Morgan fingerprint density at radius 1 is 1.31 bits per heavy atom. The smallest absolute Gasteiger partial charge is 0.121 e. The number of aromatic nitrogens is 4. The highest BCUT2D eigenvalue weighted by Gasteiger charge is 2.05. The highest BCUT2D eigenvalue weighted by Crippen LogP contribution is 2.23. The van der Waals surface area contributed by atoms with E-state index in [0.717, 1.165) is 22.2 Å². The predicted octanol–water partition coefficient (Wildman–Crippen LogP) is 1.55. The lowest BCUT2D eigenvalue weighted by Gasteiger charge is -1.96. The van der Waals surface area contributed by atoms with Crippen molar-refractivity contribution < 1.29 is 0 Å². The second-order valence-electron chi connectivity index (χ2n) is 3.75. The molecule has 0 aliphatic carbocycles. The molecule has 0 unspecified atom stereocenters. The van der Waals surface area contributed by atoms with E-state index in [1.54, 1.807) is 10.9 Å². The van der Waals surface area contributed by atoms with Gasteiger partial charge in [-0.05, 0) is 6.07 Å². The zero-order chi connectivity index (χ0) is 11.1. The topological polar surface area (TPSA) is 72.5 Å². The summed E-state index contributed by atoms with van der Waals surface area (Å²) in [6, 6.07) is 7.90. The summed E-state index contributed by atoms with van der Waals surface area (Å²) in [5, 5.41) is 12.3. The van der Waals surface area contributed by atoms with E-state index in [-0.39, 0.29) is 0 Å². The first-order chi connectivity index (χ1) is 7.74.